The molecule has 2 nitrogen and oxygen atoms in total. The van der Waals surface area contributed by atoms with Gasteiger partial charge >= 0.3 is 0 Å². The minimum Gasteiger partial charge on any atom is -0.477 e. The molecule has 0 aliphatic carbocycles. The maximum Gasteiger partial charge on any atom is 0.255 e. The second kappa shape index (κ2) is 2.96. The highest BCUT2D eigenvalue weighted by molar-refractivity contribution is 5.81. The molecule has 0 saturated heterocycles. The zero-order valence-electron chi connectivity index (χ0n) is 8.97. The fourth-order valence-corrected chi connectivity index (χ4v) is 2.22. The molecule has 0 bridgehead atoms. The third-order valence-corrected chi connectivity index (χ3v) is 3.24. The van der Waals surface area contributed by atoms with Crippen LogP contribution in [0.25, 0.3) is 10.9 Å². The van der Waals surface area contributed by atoms with Gasteiger partial charge in [0.15, 0.2) is 24.1 Å². The normalized spacial score (nSPS) is 23.9. The van der Waals surface area contributed by atoms with Crippen LogP contribution in [0.1, 0.15) is 19.9 Å². The predicted octanol–water partition coefficient (Wildman–Crippen LogP) is 2.47. The van der Waals surface area contributed by atoms with Crippen molar-refractivity contribution in [3.8, 4) is 5.75 Å². The van der Waals surface area contributed by atoms with E-state index in [0.29, 0.717) is 6.04 Å². The maximum atomic E-state index is 5.90. The fourth-order valence-electron chi connectivity index (χ4n) is 2.22. The molecule has 3 rings (SSSR count). The Hall–Kier alpha value is -1.57. The molecule has 2 heteroatoms. The number of nitrogens with zero attached hydrogens (tertiary/aromatic N) is 1. The highest BCUT2D eigenvalue weighted by Crippen LogP contribution is 2.29. The first-order chi connectivity index (χ1) is 7.27. The molecule has 2 unspecified atom stereocenters. The molecule has 0 saturated carbocycles. The van der Waals surface area contributed by atoms with Crippen LogP contribution in [0.3, 0.4) is 0 Å². The molecule has 76 valence electrons. The van der Waals surface area contributed by atoms with E-state index < -0.39 is 0 Å². The number of hydrogen-bond donors (Lipinski definition) is 0. The molecule has 0 amide bonds. The molecule has 15 heavy (non-hydrogen) atoms. The van der Waals surface area contributed by atoms with Crippen molar-refractivity contribution in [3.63, 3.8) is 0 Å². The van der Waals surface area contributed by atoms with Crippen LogP contribution in [-0.4, -0.2) is 6.10 Å². The van der Waals surface area contributed by atoms with Crippen molar-refractivity contribution < 1.29 is 9.30 Å². The van der Waals surface area contributed by atoms with Crippen molar-refractivity contribution >= 4 is 10.9 Å². The molecule has 0 radical (unpaired) electrons. The van der Waals surface area contributed by atoms with Crippen LogP contribution in [0, 0.1) is 0 Å². The summed E-state index contributed by atoms with van der Waals surface area (Å²) >= 11 is 0. The van der Waals surface area contributed by atoms with Crippen molar-refractivity contribution in [3.05, 3.63) is 36.5 Å². The molecule has 2 heterocycles. The van der Waals surface area contributed by atoms with Crippen LogP contribution in [-0.2, 0) is 0 Å². The Balaban J connectivity index is 2.41. The quantitative estimate of drug-likeness (QED) is 0.595. The van der Waals surface area contributed by atoms with E-state index >= 15 is 0 Å². The molecule has 0 spiro atoms. The highest BCUT2D eigenvalue weighted by atomic mass is 16.5. The Morgan fingerprint density at radius 1 is 1.13 bits per heavy atom. The van der Waals surface area contributed by atoms with E-state index in [1.165, 1.54) is 10.9 Å². The van der Waals surface area contributed by atoms with Crippen LogP contribution in [0.4, 0.5) is 0 Å². The van der Waals surface area contributed by atoms with E-state index in [4.69, 9.17) is 4.74 Å². The molecular formula is C13H14NO+. The van der Waals surface area contributed by atoms with E-state index in [9.17, 15) is 0 Å². The predicted molar refractivity (Wildman–Crippen MR) is 58.9 cm³/mol. The van der Waals surface area contributed by atoms with E-state index in [1.54, 1.807) is 0 Å². The van der Waals surface area contributed by atoms with Gasteiger partial charge in [-0.25, -0.2) is 0 Å². The number of aromatic nitrogens is 1. The second-order valence-corrected chi connectivity index (χ2v) is 4.17. The van der Waals surface area contributed by atoms with Crippen molar-refractivity contribution in [1.82, 2.24) is 0 Å². The lowest BCUT2D eigenvalue weighted by molar-refractivity contribution is -0.706. The number of para-hydroxylation sites is 1. The molecule has 1 aromatic heterocycles. The Labute approximate surface area is 89.1 Å². The molecule has 1 aliphatic rings. The molecule has 2 aromatic rings. The van der Waals surface area contributed by atoms with Crippen molar-refractivity contribution in [2.24, 2.45) is 0 Å². The summed E-state index contributed by atoms with van der Waals surface area (Å²) in [5.74, 6) is 0.999. The monoisotopic (exact) mass is 200 g/mol. The van der Waals surface area contributed by atoms with E-state index in [1.807, 2.05) is 12.1 Å². The number of rotatable bonds is 0. The van der Waals surface area contributed by atoms with Crippen molar-refractivity contribution in [2.45, 2.75) is 26.0 Å². The maximum absolute atomic E-state index is 5.90. The molecule has 0 N–H and O–H groups in total. The van der Waals surface area contributed by atoms with Gasteiger partial charge in [-0.1, -0.05) is 6.07 Å². The van der Waals surface area contributed by atoms with Crippen LogP contribution in [0.2, 0.25) is 0 Å². The Morgan fingerprint density at radius 2 is 1.93 bits per heavy atom. The highest BCUT2D eigenvalue weighted by Gasteiger charge is 2.31. The summed E-state index contributed by atoms with van der Waals surface area (Å²) in [6, 6.07) is 10.8. The lowest BCUT2D eigenvalue weighted by Crippen LogP contribution is -2.48. The van der Waals surface area contributed by atoms with E-state index in [0.717, 1.165) is 5.75 Å². The molecule has 1 aromatic carbocycles. The molecule has 1 aliphatic heterocycles. The topological polar surface area (TPSA) is 13.1 Å². The summed E-state index contributed by atoms with van der Waals surface area (Å²) in [6.07, 6.45) is 2.37. The lowest BCUT2D eigenvalue weighted by atomic mass is 10.1. The first-order valence-corrected chi connectivity index (χ1v) is 5.37. The molecule has 0 fully saturated rings. The summed E-state index contributed by atoms with van der Waals surface area (Å²) in [5.41, 5.74) is 1.21. The third kappa shape index (κ3) is 1.14. The van der Waals surface area contributed by atoms with Crippen LogP contribution >= 0.6 is 0 Å². The zero-order chi connectivity index (χ0) is 10.4. The van der Waals surface area contributed by atoms with Gasteiger partial charge in [-0.15, -0.1) is 0 Å². The van der Waals surface area contributed by atoms with Gasteiger partial charge in [0.25, 0.3) is 5.52 Å². The summed E-state index contributed by atoms with van der Waals surface area (Å²) in [5, 5.41) is 1.24. The fraction of sp³-hybridized carbons (Fsp3) is 0.308. The lowest BCUT2D eigenvalue weighted by Gasteiger charge is -2.24. The van der Waals surface area contributed by atoms with Crippen molar-refractivity contribution in [2.75, 3.05) is 0 Å². The van der Waals surface area contributed by atoms with Gasteiger partial charge in [0, 0.05) is 13.0 Å². The molecular weight excluding hydrogens is 186 g/mol. The summed E-state index contributed by atoms with van der Waals surface area (Å²) < 4.78 is 8.20. The zero-order valence-corrected chi connectivity index (χ0v) is 8.97. The van der Waals surface area contributed by atoms with E-state index in [2.05, 4.69) is 42.8 Å². The van der Waals surface area contributed by atoms with Gasteiger partial charge in [0.05, 0.1) is 5.39 Å². The van der Waals surface area contributed by atoms with E-state index in [-0.39, 0.29) is 6.10 Å². The van der Waals surface area contributed by atoms with Gasteiger partial charge in [0.2, 0.25) is 0 Å². The minimum absolute atomic E-state index is 0.232. The third-order valence-electron chi connectivity index (χ3n) is 3.24. The Bertz CT molecular complexity index is 516. The van der Waals surface area contributed by atoms with Crippen LogP contribution < -0.4 is 9.30 Å². The average Bonchev–Trinajstić information content (AvgIpc) is 2.26. The minimum atomic E-state index is 0.232. The molecule has 2 atom stereocenters. The van der Waals surface area contributed by atoms with Crippen LogP contribution in [0.15, 0.2) is 36.5 Å². The summed E-state index contributed by atoms with van der Waals surface area (Å²) in [6.45, 7) is 4.31. The van der Waals surface area contributed by atoms with Crippen molar-refractivity contribution in [1.29, 1.82) is 0 Å². The smallest absolute Gasteiger partial charge is 0.255 e. The van der Waals surface area contributed by atoms with Gasteiger partial charge in [-0.05, 0) is 25.1 Å². The van der Waals surface area contributed by atoms with Crippen LogP contribution in [0.5, 0.6) is 5.75 Å². The number of ether oxygens (including phenoxy) is 1. The Morgan fingerprint density at radius 3 is 2.80 bits per heavy atom. The van der Waals surface area contributed by atoms with Gasteiger partial charge < -0.3 is 4.74 Å². The average molecular weight is 200 g/mol. The number of benzene rings is 1. The largest absolute Gasteiger partial charge is 0.477 e. The number of pyridine rings is 1. The van der Waals surface area contributed by atoms with Gasteiger partial charge in [-0.2, -0.15) is 4.57 Å². The second-order valence-electron chi connectivity index (χ2n) is 4.17. The summed E-state index contributed by atoms with van der Waals surface area (Å²) in [4.78, 5) is 0. The Kier molecular flexibility index (Phi) is 1.72. The van der Waals surface area contributed by atoms with Gasteiger partial charge in [-0.3, -0.25) is 0 Å². The first-order valence-electron chi connectivity index (χ1n) is 5.37. The standard InChI is InChI=1S/C13H14NO/c1-9-10(2)15-12-7-3-5-11-6-4-8-14(9)13(11)12/h3-10H,1-2H3/q+1. The SMILES string of the molecule is CC1Oc2cccc3ccc[n+](c23)C1C. The summed E-state index contributed by atoms with van der Waals surface area (Å²) in [7, 11) is 0. The van der Waals surface area contributed by atoms with Gasteiger partial charge in [0.1, 0.15) is 0 Å². The first kappa shape index (κ1) is 8.72. The number of hydrogen-bond acceptors (Lipinski definition) is 1.